The van der Waals surface area contributed by atoms with Crippen LogP contribution in [0.15, 0.2) is 0 Å². The molecule has 0 heterocycles. The van der Waals surface area contributed by atoms with Crippen LogP contribution in [0.1, 0.15) is 27.2 Å². The molecule has 1 atom stereocenters. The largest absolute Gasteiger partial charge is 0.469 e. The fraction of sp³-hybridized carbons (Fsp3) is 0.800. The van der Waals surface area contributed by atoms with Crippen LogP contribution in [0.3, 0.4) is 0 Å². The Morgan fingerprint density at radius 2 is 1.94 bits per heavy atom. The number of alkyl carbamates (subject to hydrolysis) is 1. The Kier molecular flexibility index (Phi) is 5.81. The molecule has 94 valence electrons. The van der Waals surface area contributed by atoms with E-state index < -0.39 is 23.8 Å². The lowest BCUT2D eigenvalue weighted by molar-refractivity contribution is -0.142. The van der Waals surface area contributed by atoms with E-state index in [1.54, 1.807) is 20.8 Å². The van der Waals surface area contributed by atoms with Crippen LogP contribution < -0.4 is 5.32 Å². The van der Waals surface area contributed by atoms with Crippen LogP contribution in [0.4, 0.5) is 4.79 Å². The summed E-state index contributed by atoms with van der Waals surface area (Å²) in [4.78, 5) is 21.9. The lowest BCUT2D eigenvalue weighted by Crippen LogP contribution is -2.37. The summed E-state index contributed by atoms with van der Waals surface area (Å²) >= 11 is 0. The van der Waals surface area contributed by atoms with Crippen molar-refractivity contribution in [3.05, 3.63) is 0 Å². The van der Waals surface area contributed by atoms with E-state index in [0.29, 0.717) is 0 Å². The highest BCUT2D eigenvalue weighted by molar-refractivity contribution is 5.70. The minimum atomic E-state index is -0.972. The van der Waals surface area contributed by atoms with Crippen molar-refractivity contribution in [1.29, 1.82) is 0 Å². The first-order valence-corrected chi connectivity index (χ1v) is 4.96. The van der Waals surface area contributed by atoms with Gasteiger partial charge in [0.25, 0.3) is 0 Å². The number of nitrogens with one attached hydrogen (secondary N) is 1. The molecule has 0 saturated heterocycles. The van der Waals surface area contributed by atoms with E-state index in [0.717, 1.165) is 0 Å². The van der Waals surface area contributed by atoms with Crippen molar-refractivity contribution in [3.63, 3.8) is 0 Å². The van der Waals surface area contributed by atoms with Gasteiger partial charge in [0.2, 0.25) is 0 Å². The quantitative estimate of drug-likeness (QED) is 0.688. The van der Waals surface area contributed by atoms with Crippen molar-refractivity contribution in [2.24, 2.45) is 0 Å². The molecule has 0 aliphatic heterocycles. The van der Waals surface area contributed by atoms with Crippen molar-refractivity contribution >= 4 is 12.1 Å². The molecule has 0 aliphatic carbocycles. The Morgan fingerprint density at radius 3 is 2.38 bits per heavy atom. The molecule has 0 unspecified atom stereocenters. The lowest BCUT2D eigenvalue weighted by Gasteiger charge is -2.20. The lowest BCUT2D eigenvalue weighted by atomic mass is 10.2. The maximum atomic E-state index is 11.2. The van der Waals surface area contributed by atoms with Gasteiger partial charge in [-0.1, -0.05) is 0 Å². The zero-order valence-electron chi connectivity index (χ0n) is 10.1. The molecule has 0 radical (unpaired) electrons. The third-order valence-corrected chi connectivity index (χ3v) is 1.51. The van der Waals surface area contributed by atoms with Crippen LogP contribution in [0, 0.1) is 0 Å². The van der Waals surface area contributed by atoms with Crippen molar-refractivity contribution in [2.75, 3.05) is 13.7 Å². The minimum Gasteiger partial charge on any atom is -0.469 e. The fourth-order valence-corrected chi connectivity index (χ4v) is 0.863. The summed E-state index contributed by atoms with van der Waals surface area (Å²) in [6.07, 6.45) is -1.76. The predicted molar refractivity (Wildman–Crippen MR) is 56.9 cm³/mol. The van der Waals surface area contributed by atoms with E-state index >= 15 is 0 Å². The van der Waals surface area contributed by atoms with E-state index in [4.69, 9.17) is 4.74 Å². The monoisotopic (exact) mass is 233 g/mol. The van der Waals surface area contributed by atoms with Gasteiger partial charge in [0.15, 0.2) is 0 Å². The van der Waals surface area contributed by atoms with Crippen LogP contribution in [0.25, 0.3) is 0 Å². The highest BCUT2D eigenvalue weighted by Gasteiger charge is 2.17. The molecule has 0 spiro atoms. The number of ether oxygens (including phenoxy) is 2. The number of hydrogen-bond acceptors (Lipinski definition) is 5. The van der Waals surface area contributed by atoms with Gasteiger partial charge in [-0.15, -0.1) is 0 Å². The number of aliphatic hydroxyl groups excluding tert-OH is 1. The third kappa shape index (κ3) is 8.05. The zero-order chi connectivity index (χ0) is 12.8. The second-order valence-electron chi connectivity index (χ2n) is 4.32. The summed E-state index contributed by atoms with van der Waals surface area (Å²) in [5, 5.41) is 11.7. The van der Waals surface area contributed by atoms with Crippen LogP contribution in [-0.2, 0) is 14.3 Å². The Balaban J connectivity index is 3.79. The molecular weight excluding hydrogens is 214 g/mol. The second kappa shape index (κ2) is 6.32. The summed E-state index contributed by atoms with van der Waals surface area (Å²) in [7, 11) is 1.23. The van der Waals surface area contributed by atoms with Crippen LogP contribution >= 0.6 is 0 Å². The number of esters is 1. The molecule has 0 aromatic heterocycles. The predicted octanol–water partition coefficient (Wildman–Crippen LogP) is 0.435. The number of carbonyl (C=O) groups excluding carboxylic acids is 2. The standard InChI is InChI=1S/C10H19NO5/c1-10(2,3)16-9(14)11-6-7(12)5-8(13)15-4/h7,12H,5-6H2,1-4H3,(H,11,14)/t7-/m0/s1. The van der Waals surface area contributed by atoms with E-state index in [2.05, 4.69) is 10.1 Å². The van der Waals surface area contributed by atoms with E-state index in [9.17, 15) is 14.7 Å². The third-order valence-electron chi connectivity index (χ3n) is 1.51. The molecule has 0 aromatic rings. The molecule has 0 aliphatic rings. The number of carbonyl (C=O) groups is 2. The Morgan fingerprint density at radius 1 is 1.38 bits per heavy atom. The number of rotatable bonds is 4. The Hall–Kier alpha value is -1.30. The van der Waals surface area contributed by atoms with Gasteiger partial charge in [0, 0.05) is 6.54 Å². The van der Waals surface area contributed by atoms with Crippen molar-refractivity contribution in [3.8, 4) is 0 Å². The number of methoxy groups -OCH3 is 1. The summed E-state index contributed by atoms with van der Waals surface area (Å²) in [5.74, 6) is -0.529. The average Bonchev–Trinajstić information content (AvgIpc) is 2.12. The van der Waals surface area contributed by atoms with Crippen molar-refractivity contribution in [1.82, 2.24) is 5.32 Å². The number of hydrogen-bond donors (Lipinski definition) is 2. The molecule has 0 fully saturated rings. The smallest absolute Gasteiger partial charge is 0.407 e. The average molecular weight is 233 g/mol. The van der Waals surface area contributed by atoms with Crippen molar-refractivity contribution in [2.45, 2.75) is 38.9 Å². The molecule has 0 saturated carbocycles. The van der Waals surface area contributed by atoms with E-state index in [-0.39, 0.29) is 13.0 Å². The van der Waals surface area contributed by atoms with Gasteiger partial charge in [-0.05, 0) is 20.8 Å². The first-order valence-electron chi connectivity index (χ1n) is 4.96. The fourth-order valence-electron chi connectivity index (χ4n) is 0.863. The minimum absolute atomic E-state index is 0.0516. The van der Waals surface area contributed by atoms with E-state index in [1.807, 2.05) is 0 Å². The maximum Gasteiger partial charge on any atom is 0.407 e. The van der Waals surface area contributed by atoms with Gasteiger partial charge in [-0.2, -0.15) is 0 Å². The van der Waals surface area contributed by atoms with Gasteiger partial charge in [-0.25, -0.2) is 4.79 Å². The normalized spacial score (nSPS) is 12.8. The molecule has 6 heteroatoms. The van der Waals surface area contributed by atoms with Gasteiger partial charge in [0.1, 0.15) is 5.60 Å². The van der Waals surface area contributed by atoms with Gasteiger partial charge in [-0.3, -0.25) is 4.79 Å². The molecular formula is C10H19NO5. The van der Waals surface area contributed by atoms with Crippen LogP contribution in [-0.4, -0.2) is 42.5 Å². The number of amides is 1. The summed E-state index contributed by atoms with van der Waals surface area (Å²) in [6, 6.07) is 0. The molecule has 6 nitrogen and oxygen atoms in total. The molecule has 16 heavy (non-hydrogen) atoms. The highest BCUT2D eigenvalue weighted by atomic mass is 16.6. The van der Waals surface area contributed by atoms with Gasteiger partial charge in [0.05, 0.1) is 19.6 Å². The molecule has 0 aromatic carbocycles. The molecule has 0 bridgehead atoms. The highest BCUT2D eigenvalue weighted by Crippen LogP contribution is 2.06. The first kappa shape index (κ1) is 14.7. The van der Waals surface area contributed by atoms with Gasteiger partial charge >= 0.3 is 12.1 Å². The summed E-state index contributed by atoms with van der Waals surface area (Å²) in [5.41, 5.74) is -0.586. The van der Waals surface area contributed by atoms with Gasteiger partial charge < -0.3 is 19.9 Å². The molecule has 2 N–H and O–H groups in total. The maximum absolute atomic E-state index is 11.2. The van der Waals surface area contributed by atoms with Crippen LogP contribution in [0.2, 0.25) is 0 Å². The summed E-state index contributed by atoms with van der Waals surface area (Å²) in [6.45, 7) is 5.15. The SMILES string of the molecule is COC(=O)C[C@H](O)CNC(=O)OC(C)(C)C. The zero-order valence-corrected chi connectivity index (χ0v) is 10.1. The summed E-state index contributed by atoms with van der Waals surface area (Å²) < 4.78 is 9.31. The Bertz CT molecular complexity index is 246. The Labute approximate surface area is 94.9 Å². The second-order valence-corrected chi connectivity index (χ2v) is 4.32. The topological polar surface area (TPSA) is 84.9 Å². The first-order chi connectivity index (χ1) is 7.24. The molecule has 0 rings (SSSR count). The van der Waals surface area contributed by atoms with Crippen LogP contribution in [0.5, 0.6) is 0 Å². The van der Waals surface area contributed by atoms with E-state index in [1.165, 1.54) is 7.11 Å². The van der Waals surface area contributed by atoms with Crippen molar-refractivity contribution < 1.29 is 24.2 Å². The number of aliphatic hydroxyl groups is 1. The molecule has 1 amide bonds.